The number of rotatable bonds is 5. The third-order valence-corrected chi connectivity index (χ3v) is 2.09. The van der Waals surface area contributed by atoms with E-state index in [1.165, 1.54) is 0 Å². The lowest BCUT2D eigenvalue weighted by Crippen LogP contribution is -2.31. The molecule has 0 aliphatic heterocycles. The summed E-state index contributed by atoms with van der Waals surface area (Å²) < 4.78 is 5.03. The minimum absolute atomic E-state index is 0.356. The number of alkyl carbamates (subject to hydrolysis) is 1. The summed E-state index contributed by atoms with van der Waals surface area (Å²) >= 11 is 0. The van der Waals surface area contributed by atoms with Crippen molar-refractivity contribution >= 4 is 6.09 Å². The normalized spacial score (nSPS) is 13.2. The molecular weight excluding hydrogens is 216 g/mol. The van der Waals surface area contributed by atoms with Gasteiger partial charge in [-0.05, 0) is 25.5 Å². The van der Waals surface area contributed by atoms with Gasteiger partial charge in [0.05, 0.1) is 0 Å². The number of carbonyl (C=O) groups excluding carboxylic acids is 1. The fraction of sp³-hybridized carbons (Fsp3) is 0.615. The molecule has 0 fully saturated rings. The molecule has 0 atom stereocenters. The van der Waals surface area contributed by atoms with E-state index in [9.17, 15) is 4.79 Å². The zero-order valence-corrected chi connectivity index (χ0v) is 11.1. The molecule has 98 valence electrons. The minimum atomic E-state index is -0.356. The van der Waals surface area contributed by atoms with Crippen LogP contribution >= 0.6 is 0 Å². The number of carbonyl (C=O) groups is 1. The van der Waals surface area contributed by atoms with Gasteiger partial charge in [0, 0.05) is 13.1 Å². The van der Waals surface area contributed by atoms with E-state index in [0.29, 0.717) is 13.2 Å². The van der Waals surface area contributed by atoms with Crippen molar-refractivity contribution in [3.63, 3.8) is 0 Å². The lowest BCUT2D eigenvalue weighted by Gasteiger charge is -2.09. The first-order valence-corrected chi connectivity index (χ1v) is 6.23. The molecule has 0 heterocycles. The molecule has 1 rings (SSSR count). The van der Waals surface area contributed by atoms with Gasteiger partial charge in [0.15, 0.2) is 0 Å². The molecule has 1 aliphatic rings. The fourth-order valence-electron chi connectivity index (χ4n) is 1.26. The second-order valence-electron chi connectivity index (χ2n) is 3.37. The average molecular weight is 240 g/mol. The number of ether oxygens (including phenoxy) is 1. The van der Waals surface area contributed by atoms with E-state index in [1.807, 2.05) is 27.0 Å². The Morgan fingerprint density at radius 1 is 1.35 bits per heavy atom. The van der Waals surface area contributed by atoms with E-state index >= 15 is 0 Å². The molecule has 0 unspecified atom stereocenters. The largest absolute Gasteiger partial charge is 0.445 e. The van der Waals surface area contributed by atoms with Crippen LogP contribution in [0.25, 0.3) is 0 Å². The summed E-state index contributed by atoms with van der Waals surface area (Å²) in [4.78, 5) is 11.1. The zero-order valence-electron chi connectivity index (χ0n) is 11.1. The van der Waals surface area contributed by atoms with E-state index in [0.717, 1.165) is 25.0 Å². The molecule has 0 spiro atoms. The Labute approximate surface area is 104 Å². The van der Waals surface area contributed by atoms with Crippen LogP contribution in [0.5, 0.6) is 0 Å². The topological polar surface area (TPSA) is 50.4 Å². The first-order chi connectivity index (χ1) is 8.33. The molecule has 1 aliphatic carbocycles. The standard InChI is InChI=1S/C11H18N2O2.C2H6/c1-12-7-8-13-11(14)15-9-10-5-3-2-4-6-10;1-2/h3,5-6,12H,2,4,7-9H2,1H3,(H,13,14);1-2H3. The van der Waals surface area contributed by atoms with Crippen LogP contribution in [-0.2, 0) is 4.74 Å². The van der Waals surface area contributed by atoms with Crippen LogP contribution in [0.1, 0.15) is 26.7 Å². The average Bonchev–Trinajstić information content (AvgIpc) is 2.40. The van der Waals surface area contributed by atoms with Gasteiger partial charge in [-0.25, -0.2) is 4.79 Å². The summed E-state index contributed by atoms with van der Waals surface area (Å²) in [5.41, 5.74) is 1.07. The maximum atomic E-state index is 11.1. The van der Waals surface area contributed by atoms with Crippen LogP contribution in [0.15, 0.2) is 23.8 Å². The summed E-state index contributed by atoms with van der Waals surface area (Å²) in [6.45, 7) is 5.70. The van der Waals surface area contributed by atoms with Crippen molar-refractivity contribution in [3.8, 4) is 0 Å². The van der Waals surface area contributed by atoms with Crippen molar-refractivity contribution in [2.75, 3.05) is 26.7 Å². The van der Waals surface area contributed by atoms with E-state index in [-0.39, 0.29) is 6.09 Å². The van der Waals surface area contributed by atoms with Gasteiger partial charge in [-0.15, -0.1) is 0 Å². The third kappa shape index (κ3) is 8.51. The molecule has 0 aromatic heterocycles. The molecule has 0 saturated carbocycles. The Balaban J connectivity index is 0.00000121. The zero-order chi connectivity index (χ0) is 12.9. The minimum Gasteiger partial charge on any atom is -0.445 e. The van der Waals surface area contributed by atoms with Crippen LogP contribution in [0.3, 0.4) is 0 Å². The fourth-order valence-corrected chi connectivity index (χ4v) is 1.26. The predicted molar refractivity (Wildman–Crippen MR) is 71.1 cm³/mol. The summed E-state index contributed by atoms with van der Waals surface area (Å²) in [5.74, 6) is 0. The number of allylic oxidation sites excluding steroid dienone is 2. The van der Waals surface area contributed by atoms with Gasteiger partial charge in [-0.2, -0.15) is 0 Å². The molecule has 2 N–H and O–H groups in total. The van der Waals surface area contributed by atoms with Gasteiger partial charge < -0.3 is 15.4 Å². The summed E-state index contributed by atoms with van der Waals surface area (Å²) in [6.07, 6.45) is 7.96. The lowest BCUT2D eigenvalue weighted by atomic mass is 10.1. The first-order valence-electron chi connectivity index (χ1n) is 6.23. The van der Waals surface area contributed by atoms with Gasteiger partial charge in [-0.1, -0.05) is 32.1 Å². The summed E-state index contributed by atoms with van der Waals surface area (Å²) in [6, 6.07) is 0. The predicted octanol–water partition coefficient (Wildman–Crippen LogP) is 2.23. The maximum absolute atomic E-state index is 11.1. The van der Waals surface area contributed by atoms with Gasteiger partial charge in [0.25, 0.3) is 0 Å². The number of hydrogen-bond donors (Lipinski definition) is 2. The van der Waals surface area contributed by atoms with E-state index in [4.69, 9.17) is 4.74 Å². The second-order valence-corrected chi connectivity index (χ2v) is 3.37. The first kappa shape index (κ1) is 15.7. The number of likely N-dealkylation sites (N-methyl/N-ethyl adjacent to an activating group) is 1. The van der Waals surface area contributed by atoms with Crippen LogP contribution in [0.2, 0.25) is 0 Å². The Kier molecular flexibility index (Phi) is 10.4. The molecular formula is C13H24N2O2. The van der Waals surface area contributed by atoms with Crippen molar-refractivity contribution < 1.29 is 9.53 Å². The van der Waals surface area contributed by atoms with Gasteiger partial charge in [0.1, 0.15) is 6.61 Å². The second kappa shape index (κ2) is 11.2. The smallest absolute Gasteiger partial charge is 0.407 e. The summed E-state index contributed by atoms with van der Waals surface area (Å²) in [7, 11) is 1.84. The Morgan fingerprint density at radius 3 is 2.71 bits per heavy atom. The molecule has 1 amide bonds. The Bertz CT molecular complexity index is 260. The third-order valence-electron chi connectivity index (χ3n) is 2.09. The Morgan fingerprint density at radius 2 is 2.12 bits per heavy atom. The highest BCUT2D eigenvalue weighted by Crippen LogP contribution is 2.09. The van der Waals surface area contributed by atoms with E-state index < -0.39 is 0 Å². The lowest BCUT2D eigenvalue weighted by molar-refractivity contribution is 0.156. The van der Waals surface area contributed by atoms with Crippen molar-refractivity contribution in [1.82, 2.24) is 10.6 Å². The van der Waals surface area contributed by atoms with Crippen molar-refractivity contribution in [2.24, 2.45) is 0 Å². The molecule has 0 radical (unpaired) electrons. The highest BCUT2D eigenvalue weighted by atomic mass is 16.5. The van der Waals surface area contributed by atoms with Crippen LogP contribution in [0.4, 0.5) is 4.79 Å². The Hall–Kier alpha value is -1.29. The van der Waals surface area contributed by atoms with Gasteiger partial charge in [0.2, 0.25) is 0 Å². The van der Waals surface area contributed by atoms with Crippen molar-refractivity contribution in [1.29, 1.82) is 0 Å². The molecule has 17 heavy (non-hydrogen) atoms. The molecule has 0 aromatic rings. The molecule has 0 saturated heterocycles. The maximum Gasteiger partial charge on any atom is 0.407 e. The van der Waals surface area contributed by atoms with Gasteiger partial charge in [-0.3, -0.25) is 0 Å². The highest BCUT2D eigenvalue weighted by molar-refractivity contribution is 5.67. The van der Waals surface area contributed by atoms with E-state index in [1.54, 1.807) is 0 Å². The SMILES string of the molecule is CC.CNCCNC(=O)OCC1=CCCC=C1. The molecule has 0 bridgehead atoms. The summed E-state index contributed by atoms with van der Waals surface area (Å²) in [5, 5.41) is 5.58. The number of nitrogens with one attached hydrogen (secondary N) is 2. The highest BCUT2D eigenvalue weighted by Gasteiger charge is 2.03. The van der Waals surface area contributed by atoms with Crippen molar-refractivity contribution in [2.45, 2.75) is 26.7 Å². The van der Waals surface area contributed by atoms with Crippen LogP contribution in [-0.4, -0.2) is 32.8 Å². The van der Waals surface area contributed by atoms with Crippen LogP contribution in [0, 0.1) is 0 Å². The van der Waals surface area contributed by atoms with E-state index in [2.05, 4.69) is 22.8 Å². The van der Waals surface area contributed by atoms with Gasteiger partial charge >= 0.3 is 6.09 Å². The molecule has 4 nitrogen and oxygen atoms in total. The molecule has 0 aromatic carbocycles. The molecule has 4 heteroatoms. The van der Waals surface area contributed by atoms with Crippen molar-refractivity contribution in [3.05, 3.63) is 23.8 Å². The number of hydrogen-bond acceptors (Lipinski definition) is 3. The number of amides is 1. The monoisotopic (exact) mass is 240 g/mol. The quantitative estimate of drug-likeness (QED) is 0.725. The van der Waals surface area contributed by atoms with Crippen LogP contribution < -0.4 is 10.6 Å².